The molecule has 1 spiro atoms. The largest absolute Gasteiger partial charge is 0.327 e. The summed E-state index contributed by atoms with van der Waals surface area (Å²) in [6, 6.07) is 14.8. The number of aromatic nitrogens is 2. The number of aryl methyl sites for hydroxylation is 1. The molecule has 0 atom stereocenters. The molecule has 2 aromatic carbocycles. The second kappa shape index (κ2) is 8.03. The number of fused-ring (bicyclic) bond motifs is 1. The van der Waals surface area contributed by atoms with Gasteiger partial charge in [0.05, 0.1) is 11.0 Å². The van der Waals surface area contributed by atoms with Crippen LogP contribution in [0.25, 0.3) is 22.4 Å². The van der Waals surface area contributed by atoms with Gasteiger partial charge in [-0.15, -0.1) is 0 Å². The van der Waals surface area contributed by atoms with E-state index in [4.69, 9.17) is 4.98 Å². The number of amides is 4. The fourth-order valence-electron chi connectivity index (χ4n) is 4.86. The standard InChI is InChI=1S/C25H27N5O3/c1-16-11-13-25(14-12-16)23(32)30(24(33)28-25)15-21(31)26-18-9-7-17(8-10-18)22-27-19-5-3-4-6-20(19)29(22)2/h3-10,16H,11-15H2,1-2H3,(H,26,31)(H,28,33). The van der Waals surface area contributed by atoms with E-state index in [0.29, 0.717) is 24.4 Å². The number of benzene rings is 2. The predicted octanol–water partition coefficient (Wildman–Crippen LogP) is 3.68. The van der Waals surface area contributed by atoms with Gasteiger partial charge in [0.25, 0.3) is 5.91 Å². The number of anilines is 1. The summed E-state index contributed by atoms with van der Waals surface area (Å²) in [5.74, 6) is 0.687. The van der Waals surface area contributed by atoms with Gasteiger partial charge in [0.15, 0.2) is 0 Å². The third-order valence-corrected chi connectivity index (χ3v) is 6.89. The number of carbonyl (C=O) groups excluding carboxylic acids is 3. The topological polar surface area (TPSA) is 96.3 Å². The Hall–Kier alpha value is -3.68. The molecule has 2 fully saturated rings. The first-order valence-corrected chi connectivity index (χ1v) is 11.3. The van der Waals surface area contributed by atoms with Gasteiger partial charge in [-0.05, 0) is 68.0 Å². The van der Waals surface area contributed by atoms with Gasteiger partial charge in [0.1, 0.15) is 17.9 Å². The van der Waals surface area contributed by atoms with Gasteiger partial charge >= 0.3 is 6.03 Å². The number of nitrogens with one attached hydrogen (secondary N) is 2. The van der Waals surface area contributed by atoms with Crippen LogP contribution < -0.4 is 10.6 Å². The number of carbonyl (C=O) groups is 3. The van der Waals surface area contributed by atoms with Gasteiger partial charge in [-0.1, -0.05) is 19.1 Å². The van der Waals surface area contributed by atoms with Gasteiger partial charge in [0.2, 0.25) is 5.91 Å². The molecule has 0 bridgehead atoms. The molecule has 1 aliphatic heterocycles. The Bertz CT molecular complexity index is 1240. The molecule has 8 nitrogen and oxygen atoms in total. The maximum absolute atomic E-state index is 12.9. The lowest BCUT2D eigenvalue weighted by atomic mass is 9.77. The number of rotatable bonds is 4. The Morgan fingerprint density at radius 1 is 1.12 bits per heavy atom. The summed E-state index contributed by atoms with van der Waals surface area (Å²) >= 11 is 0. The number of para-hydroxylation sites is 2. The highest BCUT2D eigenvalue weighted by Gasteiger charge is 2.52. The number of urea groups is 1. The van der Waals surface area contributed by atoms with Crippen molar-refractivity contribution < 1.29 is 14.4 Å². The number of hydrogen-bond donors (Lipinski definition) is 2. The van der Waals surface area contributed by atoms with Crippen LogP contribution in [-0.4, -0.2) is 44.4 Å². The van der Waals surface area contributed by atoms with E-state index in [1.807, 2.05) is 48.0 Å². The fourth-order valence-corrected chi connectivity index (χ4v) is 4.86. The second-order valence-corrected chi connectivity index (χ2v) is 9.19. The van der Waals surface area contributed by atoms with Crippen LogP contribution in [0.3, 0.4) is 0 Å². The van der Waals surface area contributed by atoms with Crippen molar-refractivity contribution in [1.29, 1.82) is 0 Å². The van der Waals surface area contributed by atoms with Crippen molar-refractivity contribution in [2.75, 3.05) is 11.9 Å². The van der Waals surface area contributed by atoms with Crippen LogP contribution in [0.2, 0.25) is 0 Å². The number of nitrogens with zero attached hydrogens (tertiary/aromatic N) is 3. The molecule has 1 saturated heterocycles. The molecule has 3 aromatic rings. The molecule has 33 heavy (non-hydrogen) atoms. The van der Waals surface area contributed by atoms with Crippen molar-refractivity contribution in [2.45, 2.75) is 38.1 Å². The van der Waals surface area contributed by atoms with Gasteiger partial charge in [-0.3, -0.25) is 14.5 Å². The first-order chi connectivity index (χ1) is 15.9. The van der Waals surface area contributed by atoms with Crippen molar-refractivity contribution in [3.05, 3.63) is 48.5 Å². The smallest absolute Gasteiger partial charge is 0.325 e. The van der Waals surface area contributed by atoms with E-state index in [-0.39, 0.29) is 12.5 Å². The minimum atomic E-state index is -0.836. The van der Waals surface area contributed by atoms with Crippen molar-refractivity contribution in [3.8, 4) is 11.4 Å². The van der Waals surface area contributed by atoms with Crippen LogP contribution >= 0.6 is 0 Å². The zero-order valence-electron chi connectivity index (χ0n) is 18.8. The maximum atomic E-state index is 12.9. The molecule has 1 aromatic heterocycles. The van der Waals surface area contributed by atoms with Gasteiger partial charge in [-0.25, -0.2) is 9.78 Å². The lowest BCUT2D eigenvalue weighted by Crippen LogP contribution is -2.49. The van der Waals surface area contributed by atoms with E-state index in [1.165, 1.54) is 0 Å². The quantitative estimate of drug-likeness (QED) is 0.599. The molecular weight excluding hydrogens is 418 g/mol. The van der Waals surface area contributed by atoms with Crippen LogP contribution in [0.15, 0.2) is 48.5 Å². The Kier molecular flexibility index (Phi) is 5.15. The molecule has 8 heteroatoms. The van der Waals surface area contributed by atoms with Crippen molar-refractivity contribution in [3.63, 3.8) is 0 Å². The lowest BCUT2D eigenvalue weighted by molar-refractivity contribution is -0.135. The normalized spacial score (nSPS) is 22.7. The highest BCUT2D eigenvalue weighted by molar-refractivity contribution is 6.10. The maximum Gasteiger partial charge on any atom is 0.325 e. The third-order valence-electron chi connectivity index (χ3n) is 6.89. The summed E-state index contributed by atoms with van der Waals surface area (Å²) in [5.41, 5.74) is 2.65. The molecule has 2 aliphatic rings. The molecule has 0 unspecified atom stereocenters. The Balaban J connectivity index is 1.25. The van der Waals surface area contributed by atoms with Crippen LogP contribution in [0, 0.1) is 5.92 Å². The van der Waals surface area contributed by atoms with Gasteiger partial charge in [-0.2, -0.15) is 0 Å². The summed E-state index contributed by atoms with van der Waals surface area (Å²) in [6.45, 7) is 1.86. The summed E-state index contributed by atoms with van der Waals surface area (Å²) < 4.78 is 2.03. The number of imide groups is 1. The Labute approximate surface area is 192 Å². The summed E-state index contributed by atoms with van der Waals surface area (Å²) in [6.07, 6.45) is 3.04. The average Bonchev–Trinajstić information content (AvgIpc) is 3.26. The van der Waals surface area contributed by atoms with Crippen molar-refractivity contribution in [1.82, 2.24) is 19.8 Å². The summed E-state index contributed by atoms with van der Waals surface area (Å²) in [5, 5.41) is 5.64. The van der Waals surface area contributed by atoms with Gasteiger partial charge in [0, 0.05) is 18.3 Å². The zero-order chi connectivity index (χ0) is 23.2. The first kappa shape index (κ1) is 21.2. The Morgan fingerprint density at radius 3 is 2.52 bits per heavy atom. The Morgan fingerprint density at radius 2 is 1.82 bits per heavy atom. The molecule has 0 radical (unpaired) electrons. The van der Waals surface area contributed by atoms with E-state index in [0.717, 1.165) is 40.2 Å². The average molecular weight is 446 g/mol. The van der Waals surface area contributed by atoms with Crippen LogP contribution in [-0.2, 0) is 16.6 Å². The number of imidazole rings is 1. The van der Waals surface area contributed by atoms with E-state index >= 15 is 0 Å². The highest BCUT2D eigenvalue weighted by atomic mass is 16.2. The van der Waals surface area contributed by atoms with E-state index < -0.39 is 17.5 Å². The van der Waals surface area contributed by atoms with Crippen molar-refractivity contribution >= 4 is 34.6 Å². The monoisotopic (exact) mass is 445 g/mol. The molecule has 1 aliphatic carbocycles. The summed E-state index contributed by atoms with van der Waals surface area (Å²) in [7, 11) is 1.97. The van der Waals surface area contributed by atoms with E-state index in [2.05, 4.69) is 17.6 Å². The third kappa shape index (κ3) is 3.75. The fraction of sp³-hybridized carbons (Fsp3) is 0.360. The second-order valence-electron chi connectivity index (χ2n) is 9.19. The molecule has 5 rings (SSSR count). The SMILES string of the molecule is CC1CCC2(CC1)NC(=O)N(CC(=O)Nc1ccc(-c3nc4ccccc4n3C)cc1)C2=O. The minimum absolute atomic E-state index is 0.285. The van der Waals surface area contributed by atoms with E-state index in [1.54, 1.807) is 12.1 Å². The molecule has 2 heterocycles. The molecule has 2 N–H and O–H groups in total. The van der Waals surface area contributed by atoms with Crippen LogP contribution in [0.1, 0.15) is 32.6 Å². The van der Waals surface area contributed by atoms with Crippen LogP contribution in [0.5, 0.6) is 0 Å². The van der Waals surface area contributed by atoms with Gasteiger partial charge < -0.3 is 15.2 Å². The molecular formula is C25H27N5O3. The molecule has 1 saturated carbocycles. The van der Waals surface area contributed by atoms with Crippen LogP contribution in [0.4, 0.5) is 10.5 Å². The van der Waals surface area contributed by atoms with E-state index in [9.17, 15) is 14.4 Å². The predicted molar refractivity (Wildman–Crippen MR) is 125 cm³/mol. The zero-order valence-corrected chi connectivity index (χ0v) is 18.8. The molecule has 170 valence electrons. The highest BCUT2D eigenvalue weighted by Crippen LogP contribution is 2.36. The minimum Gasteiger partial charge on any atom is -0.327 e. The lowest BCUT2D eigenvalue weighted by Gasteiger charge is -2.33. The number of hydrogen-bond acceptors (Lipinski definition) is 4. The molecule has 4 amide bonds. The first-order valence-electron chi connectivity index (χ1n) is 11.3. The summed E-state index contributed by atoms with van der Waals surface area (Å²) in [4.78, 5) is 43.7. The van der Waals surface area contributed by atoms with Crippen molar-refractivity contribution in [2.24, 2.45) is 13.0 Å².